The number of nitriles is 1. The molecule has 0 unspecified atom stereocenters. The standard InChI is InChI=1S/C17H13N3OS2/c1-10-4-6-11(7-5-10)16(21)20-17-12(9-18)14(15(19)23-17)13-3-2-8-22-13/h2-8H,19H2,1H3,(H,20,21). The Morgan fingerprint density at radius 3 is 2.61 bits per heavy atom. The molecule has 0 aliphatic heterocycles. The molecule has 23 heavy (non-hydrogen) atoms. The van der Waals surface area contributed by atoms with E-state index in [0.717, 1.165) is 10.4 Å². The van der Waals surface area contributed by atoms with Crippen LogP contribution in [0.5, 0.6) is 0 Å². The molecule has 0 fully saturated rings. The Hall–Kier alpha value is -2.62. The molecule has 2 heterocycles. The summed E-state index contributed by atoms with van der Waals surface area (Å²) in [5.74, 6) is -0.250. The highest BCUT2D eigenvalue weighted by molar-refractivity contribution is 7.21. The average Bonchev–Trinajstić information content (AvgIpc) is 3.15. The smallest absolute Gasteiger partial charge is 0.256 e. The molecule has 3 rings (SSSR count). The molecule has 6 heteroatoms. The van der Waals surface area contributed by atoms with E-state index in [1.54, 1.807) is 12.1 Å². The van der Waals surface area contributed by atoms with Gasteiger partial charge in [0.25, 0.3) is 5.91 Å². The zero-order valence-corrected chi connectivity index (χ0v) is 13.9. The first-order valence-electron chi connectivity index (χ1n) is 6.84. The molecule has 3 aromatic rings. The van der Waals surface area contributed by atoms with E-state index in [9.17, 15) is 10.1 Å². The van der Waals surface area contributed by atoms with Crippen LogP contribution >= 0.6 is 22.7 Å². The fourth-order valence-corrected chi connectivity index (χ4v) is 3.97. The van der Waals surface area contributed by atoms with Crippen LogP contribution in [0.2, 0.25) is 0 Å². The summed E-state index contributed by atoms with van der Waals surface area (Å²) in [7, 11) is 0. The molecule has 1 aromatic carbocycles. The molecule has 0 aliphatic carbocycles. The Kier molecular flexibility index (Phi) is 4.15. The first-order chi connectivity index (χ1) is 11.1. The lowest BCUT2D eigenvalue weighted by atomic mass is 10.1. The second-order valence-corrected chi connectivity index (χ2v) is 6.95. The van der Waals surface area contributed by atoms with Gasteiger partial charge in [-0.25, -0.2) is 0 Å². The van der Waals surface area contributed by atoms with E-state index >= 15 is 0 Å². The number of nitrogens with two attached hydrogens (primary N) is 1. The molecule has 0 saturated carbocycles. The molecule has 3 N–H and O–H groups in total. The van der Waals surface area contributed by atoms with Crippen LogP contribution in [0, 0.1) is 18.3 Å². The summed E-state index contributed by atoms with van der Waals surface area (Å²) in [6.45, 7) is 1.96. The van der Waals surface area contributed by atoms with Crippen molar-refractivity contribution in [1.29, 1.82) is 5.26 Å². The van der Waals surface area contributed by atoms with Crippen molar-refractivity contribution in [2.45, 2.75) is 6.92 Å². The largest absolute Gasteiger partial charge is 0.390 e. The quantitative estimate of drug-likeness (QED) is 0.738. The van der Waals surface area contributed by atoms with Gasteiger partial charge in [0.1, 0.15) is 11.1 Å². The number of hydrogen-bond donors (Lipinski definition) is 2. The number of benzene rings is 1. The monoisotopic (exact) mass is 339 g/mol. The van der Waals surface area contributed by atoms with Gasteiger partial charge in [0.2, 0.25) is 0 Å². The predicted molar refractivity (Wildman–Crippen MR) is 95.9 cm³/mol. The molecule has 0 saturated heterocycles. The zero-order valence-electron chi connectivity index (χ0n) is 12.3. The van der Waals surface area contributed by atoms with Crippen LogP contribution in [0.1, 0.15) is 21.5 Å². The number of carbonyl (C=O) groups excluding carboxylic acids is 1. The molecule has 0 spiro atoms. The zero-order chi connectivity index (χ0) is 16.4. The first kappa shape index (κ1) is 15.3. The van der Waals surface area contributed by atoms with Crippen molar-refractivity contribution in [2.75, 3.05) is 11.1 Å². The van der Waals surface area contributed by atoms with Gasteiger partial charge in [0.15, 0.2) is 0 Å². The highest BCUT2D eigenvalue weighted by Gasteiger charge is 2.20. The van der Waals surface area contributed by atoms with Crippen LogP contribution in [0.25, 0.3) is 10.4 Å². The van der Waals surface area contributed by atoms with Gasteiger partial charge in [0, 0.05) is 16.0 Å². The summed E-state index contributed by atoms with van der Waals surface area (Å²) < 4.78 is 0. The van der Waals surface area contributed by atoms with Gasteiger partial charge in [-0.2, -0.15) is 5.26 Å². The maximum Gasteiger partial charge on any atom is 0.256 e. The van der Waals surface area contributed by atoms with Crippen LogP contribution in [0.4, 0.5) is 10.0 Å². The van der Waals surface area contributed by atoms with E-state index in [-0.39, 0.29) is 5.91 Å². The second kappa shape index (κ2) is 6.24. The highest BCUT2D eigenvalue weighted by Crippen LogP contribution is 2.43. The van der Waals surface area contributed by atoms with Crippen molar-refractivity contribution in [3.8, 4) is 16.5 Å². The van der Waals surface area contributed by atoms with Crippen LogP contribution in [0.15, 0.2) is 41.8 Å². The number of nitrogen functional groups attached to an aromatic ring is 1. The Morgan fingerprint density at radius 1 is 1.26 bits per heavy atom. The van der Waals surface area contributed by atoms with Gasteiger partial charge in [0.05, 0.1) is 10.6 Å². The molecule has 0 bridgehead atoms. The van der Waals surface area contributed by atoms with Crippen molar-refractivity contribution in [3.63, 3.8) is 0 Å². The van der Waals surface area contributed by atoms with E-state index in [4.69, 9.17) is 5.73 Å². The maximum atomic E-state index is 12.3. The average molecular weight is 339 g/mol. The van der Waals surface area contributed by atoms with Crippen LogP contribution < -0.4 is 11.1 Å². The number of nitrogens with zero attached hydrogens (tertiary/aromatic N) is 1. The number of thiophene rings is 2. The number of aryl methyl sites for hydroxylation is 1. The van der Waals surface area contributed by atoms with Crippen molar-refractivity contribution >= 4 is 38.6 Å². The highest BCUT2D eigenvalue weighted by atomic mass is 32.1. The van der Waals surface area contributed by atoms with Crippen molar-refractivity contribution < 1.29 is 4.79 Å². The Bertz CT molecular complexity index is 887. The van der Waals surface area contributed by atoms with E-state index in [1.807, 2.05) is 36.6 Å². The fraction of sp³-hybridized carbons (Fsp3) is 0.0588. The fourth-order valence-electron chi connectivity index (χ4n) is 2.19. The SMILES string of the molecule is Cc1ccc(C(=O)Nc2sc(N)c(-c3cccs3)c2C#N)cc1. The molecular weight excluding hydrogens is 326 g/mol. The number of nitrogens with one attached hydrogen (secondary N) is 1. The molecule has 0 radical (unpaired) electrons. The second-order valence-electron chi connectivity index (χ2n) is 4.95. The van der Waals surface area contributed by atoms with Crippen molar-refractivity contribution in [2.24, 2.45) is 0 Å². The third-order valence-electron chi connectivity index (χ3n) is 3.36. The van der Waals surface area contributed by atoms with Gasteiger partial charge >= 0.3 is 0 Å². The minimum atomic E-state index is -0.250. The Morgan fingerprint density at radius 2 is 2.00 bits per heavy atom. The summed E-state index contributed by atoms with van der Waals surface area (Å²) in [4.78, 5) is 13.3. The number of hydrogen-bond acceptors (Lipinski definition) is 5. The summed E-state index contributed by atoms with van der Waals surface area (Å²) >= 11 is 2.73. The lowest BCUT2D eigenvalue weighted by molar-refractivity contribution is 0.102. The molecule has 2 aromatic heterocycles. The number of anilines is 2. The van der Waals surface area contributed by atoms with Gasteiger partial charge in [-0.15, -0.1) is 11.3 Å². The normalized spacial score (nSPS) is 10.3. The van der Waals surface area contributed by atoms with Crippen LogP contribution in [0.3, 0.4) is 0 Å². The lowest BCUT2D eigenvalue weighted by Gasteiger charge is -2.04. The summed E-state index contributed by atoms with van der Waals surface area (Å²) in [5.41, 5.74) is 8.81. The summed E-state index contributed by atoms with van der Waals surface area (Å²) in [5, 5.41) is 15.2. The summed E-state index contributed by atoms with van der Waals surface area (Å²) in [6, 6.07) is 13.2. The number of amides is 1. The van der Waals surface area contributed by atoms with Gasteiger partial charge in [-0.05, 0) is 30.5 Å². The molecule has 114 valence electrons. The third-order valence-corrected chi connectivity index (χ3v) is 5.18. The third kappa shape index (κ3) is 2.97. The molecule has 1 amide bonds. The molecule has 0 atom stereocenters. The minimum absolute atomic E-state index is 0.250. The van der Waals surface area contributed by atoms with Crippen molar-refractivity contribution in [1.82, 2.24) is 0 Å². The van der Waals surface area contributed by atoms with Crippen LogP contribution in [-0.4, -0.2) is 5.91 Å². The number of rotatable bonds is 3. The Balaban J connectivity index is 1.95. The van der Waals surface area contributed by atoms with Crippen LogP contribution in [-0.2, 0) is 0 Å². The van der Waals surface area contributed by atoms with E-state index < -0.39 is 0 Å². The molecule has 0 aliphatic rings. The van der Waals surface area contributed by atoms with Crippen molar-refractivity contribution in [3.05, 3.63) is 58.5 Å². The summed E-state index contributed by atoms with van der Waals surface area (Å²) in [6.07, 6.45) is 0. The van der Waals surface area contributed by atoms with E-state index in [2.05, 4.69) is 11.4 Å². The van der Waals surface area contributed by atoms with Gasteiger partial charge in [-0.1, -0.05) is 35.1 Å². The lowest BCUT2D eigenvalue weighted by Crippen LogP contribution is -2.11. The molecule has 4 nitrogen and oxygen atoms in total. The first-order valence-corrected chi connectivity index (χ1v) is 8.54. The minimum Gasteiger partial charge on any atom is -0.390 e. The predicted octanol–water partition coefficient (Wildman–Crippen LogP) is 4.49. The van der Waals surface area contributed by atoms with E-state index in [0.29, 0.717) is 26.7 Å². The number of carbonyl (C=O) groups is 1. The molecular formula is C17H13N3OS2. The topological polar surface area (TPSA) is 78.9 Å². The van der Waals surface area contributed by atoms with Gasteiger partial charge in [-0.3, -0.25) is 4.79 Å². The van der Waals surface area contributed by atoms with Gasteiger partial charge < -0.3 is 11.1 Å². The maximum absolute atomic E-state index is 12.3. The van der Waals surface area contributed by atoms with E-state index in [1.165, 1.54) is 22.7 Å². The Labute approximate surface area is 141 Å².